The summed E-state index contributed by atoms with van der Waals surface area (Å²) in [6.07, 6.45) is 7.21. The fourth-order valence-electron chi connectivity index (χ4n) is 3.13. The smallest absolute Gasteiger partial charge is 0.407 e. The average Bonchev–Trinajstić information content (AvgIpc) is 3.39. The molecule has 0 spiro atoms. The minimum Gasteiger partial charge on any atom is -0.444 e. The zero-order chi connectivity index (χ0) is 30.2. The van der Waals surface area contributed by atoms with Crippen LogP contribution in [0.4, 0.5) is 10.5 Å². The number of hydrogen-bond donors (Lipinski definition) is 3. The molecule has 1 saturated heterocycles. The molecule has 1 aliphatic rings. The van der Waals surface area contributed by atoms with Gasteiger partial charge < -0.3 is 35.5 Å². The largest absolute Gasteiger partial charge is 0.444 e. The lowest BCUT2D eigenvalue weighted by atomic mass is 10.2. The van der Waals surface area contributed by atoms with E-state index in [9.17, 15) is 9.59 Å². The second kappa shape index (κ2) is 23.9. The SMILES string of the molecule is CC(C)(C)OC(=O)NCCOCCOCCN1CCCC1.CSC.NC(CCNc1ccc(Cl)c(Cl)c1)=NC=O. The van der Waals surface area contributed by atoms with Crippen LogP contribution >= 0.6 is 35.0 Å². The van der Waals surface area contributed by atoms with Crippen LogP contribution in [0.25, 0.3) is 0 Å². The summed E-state index contributed by atoms with van der Waals surface area (Å²) in [7, 11) is 0. The number of halogens is 2. The van der Waals surface area contributed by atoms with Crippen LogP contribution in [0.2, 0.25) is 10.0 Å². The van der Waals surface area contributed by atoms with E-state index in [0.29, 0.717) is 61.6 Å². The van der Waals surface area contributed by atoms with Crippen LogP contribution < -0.4 is 16.4 Å². The number of nitrogens with zero attached hydrogens (tertiary/aromatic N) is 2. The summed E-state index contributed by atoms with van der Waals surface area (Å²) in [6.45, 7) is 12.3. The molecule has 10 nitrogen and oxygen atoms in total. The first-order valence-corrected chi connectivity index (χ1v) is 15.6. The average molecular weight is 625 g/mol. The van der Waals surface area contributed by atoms with Crippen LogP contribution in [0.3, 0.4) is 0 Å². The first kappa shape index (κ1) is 38.2. The third-order valence-corrected chi connectivity index (χ3v) is 5.62. The number of nitrogens with one attached hydrogen (secondary N) is 2. The highest BCUT2D eigenvalue weighted by Crippen LogP contribution is 2.24. The van der Waals surface area contributed by atoms with Crippen molar-refractivity contribution in [2.45, 2.75) is 45.6 Å². The molecule has 0 radical (unpaired) electrons. The number of aliphatic imine (C=N–C) groups is 1. The maximum absolute atomic E-state index is 11.3. The highest BCUT2D eigenvalue weighted by Gasteiger charge is 2.15. The molecule has 1 aromatic carbocycles. The molecule has 1 aliphatic heterocycles. The highest BCUT2D eigenvalue weighted by atomic mass is 35.5. The van der Waals surface area contributed by atoms with Gasteiger partial charge >= 0.3 is 6.09 Å². The van der Waals surface area contributed by atoms with Gasteiger partial charge in [-0.25, -0.2) is 9.79 Å². The molecule has 13 heteroatoms. The number of carbonyl (C=O) groups is 2. The van der Waals surface area contributed by atoms with Gasteiger partial charge in [-0.1, -0.05) is 23.2 Å². The van der Waals surface area contributed by atoms with E-state index in [1.54, 1.807) is 30.0 Å². The number of nitrogens with two attached hydrogens (primary N) is 1. The van der Waals surface area contributed by atoms with Gasteiger partial charge in [0.05, 0.1) is 36.5 Å². The van der Waals surface area contributed by atoms with Crippen molar-refractivity contribution in [1.82, 2.24) is 10.2 Å². The number of amidine groups is 1. The number of thioether (sulfide) groups is 1. The number of carbonyl (C=O) groups excluding carboxylic acids is 2. The van der Waals surface area contributed by atoms with Crippen LogP contribution in [0.5, 0.6) is 0 Å². The Morgan fingerprint density at radius 3 is 2.27 bits per heavy atom. The van der Waals surface area contributed by atoms with Crippen LogP contribution in [0, 0.1) is 0 Å². The number of rotatable bonds is 14. The minimum absolute atomic E-state index is 0.294. The molecule has 1 heterocycles. The van der Waals surface area contributed by atoms with E-state index in [2.05, 4.69) is 20.5 Å². The van der Waals surface area contributed by atoms with Gasteiger partial charge in [0.1, 0.15) is 11.4 Å². The van der Waals surface area contributed by atoms with Gasteiger partial charge in [0.2, 0.25) is 6.41 Å². The van der Waals surface area contributed by atoms with Crippen molar-refractivity contribution >= 4 is 59.0 Å². The first-order chi connectivity index (χ1) is 19.0. The Hall–Kier alpha value is -1.76. The molecule has 230 valence electrons. The molecule has 0 aromatic heterocycles. The van der Waals surface area contributed by atoms with Crippen LogP contribution in [0.1, 0.15) is 40.0 Å². The van der Waals surface area contributed by atoms with Gasteiger partial charge in [-0.2, -0.15) is 11.8 Å². The number of amides is 2. The minimum atomic E-state index is -0.464. The van der Waals surface area contributed by atoms with Gasteiger partial charge in [0, 0.05) is 31.7 Å². The van der Waals surface area contributed by atoms with E-state index in [4.69, 9.17) is 43.1 Å². The maximum Gasteiger partial charge on any atom is 0.407 e. The van der Waals surface area contributed by atoms with E-state index >= 15 is 0 Å². The summed E-state index contributed by atoms with van der Waals surface area (Å²) in [5, 5.41) is 6.72. The van der Waals surface area contributed by atoms with Crippen LogP contribution in [0.15, 0.2) is 23.2 Å². The summed E-state index contributed by atoms with van der Waals surface area (Å²) in [5.41, 5.74) is 5.81. The summed E-state index contributed by atoms with van der Waals surface area (Å²) in [6, 6.07) is 5.23. The summed E-state index contributed by atoms with van der Waals surface area (Å²) in [5.74, 6) is 0.294. The fraction of sp³-hybridized carbons (Fsp3) is 0.667. The van der Waals surface area contributed by atoms with Crippen LogP contribution in [-0.4, -0.2) is 101 Å². The third kappa shape index (κ3) is 23.0. The number of ether oxygens (including phenoxy) is 3. The standard InChI is InChI=1S/C15H30N2O4.C10H11Cl2N3O.C2H6S/c1-15(2,3)21-14(18)16-6-10-19-12-13-20-11-9-17-7-4-5-8-17;11-8-2-1-7(5-9(8)12)14-4-3-10(13)15-6-16;1-3-2/h4-13H2,1-3H3,(H,16,18);1-2,5-6,14H,3-4H2,(H2,13,15,16);1-2H3. The van der Waals surface area contributed by atoms with Crippen molar-refractivity contribution in [2.75, 3.05) is 77.0 Å². The molecule has 0 atom stereocenters. The second-order valence-electron chi connectivity index (χ2n) is 9.64. The molecule has 4 N–H and O–H groups in total. The zero-order valence-corrected chi connectivity index (χ0v) is 26.8. The van der Waals surface area contributed by atoms with Crippen molar-refractivity contribution in [1.29, 1.82) is 0 Å². The molecule has 0 bridgehead atoms. The predicted octanol–water partition coefficient (Wildman–Crippen LogP) is 4.93. The Morgan fingerprint density at radius 2 is 1.70 bits per heavy atom. The van der Waals surface area contributed by atoms with Gasteiger partial charge in [-0.15, -0.1) is 0 Å². The van der Waals surface area contributed by atoms with E-state index < -0.39 is 11.7 Å². The Morgan fingerprint density at radius 1 is 1.07 bits per heavy atom. The normalized spacial score (nSPS) is 13.4. The number of benzene rings is 1. The monoisotopic (exact) mass is 623 g/mol. The quantitative estimate of drug-likeness (QED) is 0.114. The first-order valence-electron chi connectivity index (χ1n) is 13.2. The maximum atomic E-state index is 11.3. The number of alkyl carbamates (subject to hydrolysis) is 1. The number of anilines is 1. The molecule has 2 amide bonds. The van der Waals surface area contributed by atoms with Gasteiger partial charge in [-0.3, -0.25) is 4.79 Å². The van der Waals surface area contributed by atoms with Crippen LogP contribution in [-0.2, 0) is 19.0 Å². The van der Waals surface area contributed by atoms with Gasteiger partial charge in [0.15, 0.2) is 0 Å². The lowest BCUT2D eigenvalue weighted by Gasteiger charge is -2.19. The summed E-state index contributed by atoms with van der Waals surface area (Å²) >= 11 is 13.4. The number of hydrogen-bond acceptors (Lipinski definition) is 8. The molecule has 0 unspecified atom stereocenters. The Bertz CT molecular complexity index is 853. The van der Waals surface area contributed by atoms with E-state index in [1.165, 1.54) is 25.9 Å². The lowest BCUT2D eigenvalue weighted by molar-refractivity contribution is -0.106. The fourth-order valence-corrected chi connectivity index (χ4v) is 3.43. The predicted molar refractivity (Wildman–Crippen MR) is 168 cm³/mol. The highest BCUT2D eigenvalue weighted by molar-refractivity contribution is 7.97. The molecule has 0 saturated carbocycles. The summed E-state index contributed by atoms with van der Waals surface area (Å²) < 4.78 is 16.0. The number of likely N-dealkylation sites (tertiary alicyclic amines) is 1. The molecule has 1 aromatic rings. The van der Waals surface area contributed by atoms with E-state index in [-0.39, 0.29) is 0 Å². The molecule has 1 fully saturated rings. The Kier molecular flexibility index (Phi) is 22.8. The van der Waals surface area contributed by atoms with Crippen molar-refractivity contribution < 1.29 is 23.8 Å². The second-order valence-corrected chi connectivity index (χ2v) is 11.3. The Labute approximate surface area is 254 Å². The van der Waals surface area contributed by atoms with Gasteiger partial charge in [-0.05, 0) is 77.4 Å². The topological polar surface area (TPSA) is 128 Å². The molecule has 0 aliphatic carbocycles. The Balaban J connectivity index is 0.000000712. The lowest BCUT2D eigenvalue weighted by Crippen LogP contribution is -2.34. The van der Waals surface area contributed by atoms with Crippen molar-refractivity contribution in [2.24, 2.45) is 10.7 Å². The van der Waals surface area contributed by atoms with Crippen molar-refractivity contribution in [3.63, 3.8) is 0 Å². The van der Waals surface area contributed by atoms with E-state index in [0.717, 1.165) is 18.8 Å². The molecule has 2 rings (SSSR count). The van der Waals surface area contributed by atoms with Crippen molar-refractivity contribution in [3.8, 4) is 0 Å². The zero-order valence-electron chi connectivity index (χ0n) is 24.5. The molecular formula is C27H47Cl2N5O5S. The molecule has 40 heavy (non-hydrogen) atoms. The van der Waals surface area contributed by atoms with Crippen molar-refractivity contribution in [3.05, 3.63) is 28.2 Å². The third-order valence-electron chi connectivity index (χ3n) is 4.89. The molecular weight excluding hydrogens is 577 g/mol. The summed E-state index contributed by atoms with van der Waals surface area (Å²) in [4.78, 5) is 27.2. The van der Waals surface area contributed by atoms with Gasteiger partial charge in [0.25, 0.3) is 0 Å². The van der Waals surface area contributed by atoms with E-state index in [1.807, 2.05) is 33.3 Å².